The summed E-state index contributed by atoms with van der Waals surface area (Å²) in [6.07, 6.45) is 4.49. The van der Waals surface area contributed by atoms with Crippen LogP contribution in [-0.4, -0.2) is 30.2 Å². The van der Waals surface area contributed by atoms with Crippen LogP contribution >= 0.6 is 0 Å². The van der Waals surface area contributed by atoms with Crippen molar-refractivity contribution in [3.05, 3.63) is 40.2 Å². The standard InChI is InChI=1S/C20H25F2N3O/c1-12(2)23-10-13-5-7-24(11-13)20-16(21)9-15-17(26)6-8-25(14-3-4-14)19(15)18(20)22/h6,8-9,12-14,23H,3-5,7,10-11H2,1-2H3. The predicted molar refractivity (Wildman–Crippen MR) is 99.9 cm³/mol. The summed E-state index contributed by atoms with van der Waals surface area (Å²) in [5.74, 6) is -0.867. The number of benzene rings is 1. The zero-order chi connectivity index (χ0) is 18.4. The SMILES string of the molecule is CC(C)NCC1CCN(c2c(F)cc3c(=O)ccn(C4CC4)c3c2F)C1. The number of hydrogen-bond donors (Lipinski definition) is 1. The fraction of sp³-hybridized carbons (Fsp3) is 0.550. The monoisotopic (exact) mass is 361 g/mol. The Morgan fingerprint density at radius 3 is 2.73 bits per heavy atom. The van der Waals surface area contributed by atoms with Crippen molar-refractivity contribution < 1.29 is 8.78 Å². The van der Waals surface area contributed by atoms with E-state index in [0.29, 0.717) is 25.0 Å². The minimum atomic E-state index is -0.641. The average Bonchev–Trinajstić information content (AvgIpc) is 3.33. The van der Waals surface area contributed by atoms with E-state index in [1.807, 2.05) is 4.57 Å². The first-order valence-corrected chi connectivity index (χ1v) is 9.47. The van der Waals surface area contributed by atoms with Crippen LogP contribution in [0.1, 0.15) is 39.2 Å². The van der Waals surface area contributed by atoms with Gasteiger partial charge in [0, 0.05) is 37.4 Å². The van der Waals surface area contributed by atoms with Crippen molar-refractivity contribution in [3.63, 3.8) is 0 Å². The van der Waals surface area contributed by atoms with Crippen LogP contribution in [-0.2, 0) is 0 Å². The number of anilines is 1. The average molecular weight is 361 g/mol. The number of fused-ring (bicyclic) bond motifs is 1. The molecule has 0 bridgehead atoms. The van der Waals surface area contributed by atoms with E-state index in [-0.39, 0.29) is 28.1 Å². The maximum Gasteiger partial charge on any atom is 0.189 e. The third-order valence-corrected chi connectivity index (χ3v) is 5.44. The summed E-state index contributed by atoms with van der Waals surface area (Å²) < 4.78 is 32.0. The van der Waals surface area contributed by atoms with E-state index in [2.05, 4.69) is 19.2 Å². The summed E-state index contributed by atoms with van der Waals surface area (Å²) in [5, 5.41) is 3.53. The van der Waals surface area contributed by atoms with Gasteiger partial charge in [-0.05, 0) is 37.8 Å². The Balaban J connectivity index is 1.72. The van der Waals surface area contributed by atoms with Crippen LogP contribution in [0, 0.1) is 17.6 Å². The number of halogens is 2. The number of nitrogens with one attached hydrogen (secondary N) is 1. The molecular formula is C20H25F2N3O. The molecule has 4 nitrogen and oxygen atoms in total. The van der Waals surface area contributed by atoms with Crippen molar-refractivity contribution >= 4 is 16.6 Å². The van der Waals surface area contributed by atoms with Gasteiger partial charge in [0.2, 0.25) is 0 Å². The highest BCUT2D eigenvalue weighted by molar-refractivity contribution is 5.84. The lowest BCUT2D eigenvalue weighted by Crippen LogP contribution is -2.31. The third kappa shape index (κ3) is 3.11. The Bertz CT molecular complexity index is 889. The van der Waals surface area contributed by atoms with Gasteiger partial charge in [-0.1, -0.05) is 13.8 Å². The quantitative estimate of drug-likeness (QED) is 0.886. The molecule has 140 valence electrons. The molecule has 1 atom stereocenters. The highest BCUT2D eigenvalue weighted by Crippen LogP contribution is 2.39. The van der Waals surface area contributed by atoms with Crippen molar-refractivity contribution in [2.24, 2.45) is 5.92 Å². The van der Waals surface area contributed by atoms with Gasteiger partial charge in [0.15, 0.2) is 11.2 Å². The topological polar surface area (TPSA) is 37.3 Å². The summed E-state index contributed by atoms with van der Waals surface area (Å²) >= 11 is 0. The normalized spacial score (nSPS) is 20.5. The zero-order valence-corrected chi connectivity index (χ0v) is 15.3. The Kier molecular flexibility index (Phi) is 4.47. The predicted octanol–water partition coefficient (Wildman–Crippen LogP) is 3.44. The molecule has 2 heterocycles. The lowest BCUT2D eigenvalue weighted by Gasteiger charge is -2.22. The second kappa shape index (κ2) is 6.65. The first-order valence-electron chi connectivity index (χ1n) is 9.47. The molecule has 26 heavy (non-hydrogen) atoms. The molecule has 1 aromatic heterocycles. The summed E-state index contributed by atoms with van der Waals surface area (Å²) in [6.45, 7) is 6.28. The van der Waals surface area contributed by atoms with E-state index in [0.717, 1.165) is 25.8 Å². The van der Waals surface area contributed by atoms with Crippen LogP contribution in [0.5, 0.6) is 0 Å². The van der Waals surface area contributed by atoms with Crippen LogP contribution in [0.3, 0.4) is 0 Å². The van der Waals surface area contributed by atoms with Crippen LogP contribution < -0.4 is 15.6 Å². The first-order chi connectivity index (χ1) is 12.5. The molecule has 1 unspecified atom stereocenters. The van der Waals surface area contributed by atoms with Crippen molar-refractivity contribution in [1.82, 2.24) is 9.88 Å². The Labute approximate surface area is 151 Å². The number of hydrogen-bond acceptors (Lipinski definition) is 3. The lowest BCUT2D eigenvalue weighted by atomic mass is 10.1. The molecule has 1 aromatic carbocycles. The van der Waals surface area contributed by atoms with Gasteiger partial charge in [-0.15, -0.1) is 0 Å². The highest BCUT2D eigenvalue weighted by Gasteiger charge is 2.31. The van der Waals surface area contributed by atoms with E-state index < -0.39 is 11.6 Å². The first kappa shape index (κ1) is 17.5. The van der Waals surface area contributed by atoms with Crippen LogP contribution in [0.15, 0.2) is 23.1 Å². The van der Waals surface area contributed by atoms with E-state index in [1.54, 1.807) is 11.1 Å². The molecule has 0 radical (unpaired) electrons. The fourth-order valence-electron chi connectivity index (χ4n) is 3.90. The Morgan fingerprint density at radius 2 is 2.04 bits per heavy atom. The van der Waals surface area contributed by atoms with E-state index in [1.165, 1.54) is 12.1 Å². The second-order valence-electron chi connectivity index (χ2n) is 7.90. The number of aromatic nitrogens is 1. The third-order valence-electron chi connectivity index (χ3n) is 5.44. The molecule has 4 rings (SSSR count). The van der Waals surface area contributed by atoms with Crippen molar-refractivity contribution in [2.45, 2.75) is 45.2 Å². The van der Waals surface area contributed by atoms with Gasteiger partial charge < -0.3 is 14.8 Å². The number of nitrogens with zero attached hydrogens (tertiary/aromatic N) is 2. The Morgan fingerprint density at radius 1 is 1.27 bits per heavy atom. The van der Waals surface area contributed by atoms with Crippen LogP contribution in [0.4, 0.5) is 14.5 Å². The fourth-order valence-corrected chi connectivity index (χ4v) is 3.90. The maximum atomic E-state index is 15.4. The summed E-state index contributed by atoms with van der Waals surface area (Å²) in [7, 11) is 0. The Hall–Kier alpha value is -1.95. The number of rotatable bonds is 5. The van der Waals surface area contributed by atoms with E-state index in [9.17, 15) is 9.18 Å². The van der Waals surface area contributed by atoms with Crippen LogP contribution in [0.2, 0.25) is 0 Å². The molecule has 1 N–H and O–H groups in total. The van der Waals surface area contributed by atoms with Gasteiger partial charge in [-0.2, -0.15) is 0 Å². The molecular weight excluding hydrogens is 336 g/mol. The zero-order valence-electron chi connectivity index (χ0n) is 15.3. The van der Waals surface area contributed by atoms with Gasteiger partial charge in [-0.25, -0.2) is 8.78 Å². The molecule has 2 aliphatic rings. The molecule has 1 saturated carbocycles. The molecule has 0 amide bonds. The summed E-state index contributed by atoms with van der Waals surface area (Å²) in [6, 6.07) is 3.23. The maximum absolute atomic E-state index is 15.4. The minimum Gasteiger partial charge on any atom is -0.366 e. The van der Waals surface area contributed by atoms with Crippen LogP contribution in [0.25, 0.3) is 10.9 Å². The molecule has 0 spiro atoms. The molecule has 2 fully saturated rings. The minimum absolute atomic E-state index is 0.0181. The number of pyridine rings is 1. The van der Waals surface area contributed by atoms with Crippen molar-refractivity contribution in [2.75, 3.05) is 24.5 Å². The van der Waals surface area contributed by atoms with E-state index in [4.69, 9.17) is 0 Å². The summed E-state index contributed by atoms with van der Waals surface area (Å²) in [4.78, 5) is 13.9. The molecule has 2 aromatic rings. The van der Waals surface area contributed by atoms with Crippen molar-refractivity contribution in [3.8, 4) is 0 Å². The smallest absolute Gasteiger partial charge is 0.189 e. The van der Waals surface area contributed by atoms with E-state index >= 15 is 4.39 Å². The highest BCUT2D eigenvalue weighted by atomic mass is 19.1. The van der Waals surface area contributed by atoms with Gasteiger partial charge >= 0.3 is 0 Å². The molecule has 6 heteroatoms. The summed E-state index contributed by atoms with van der Waals surface area (Å²) in [5.41, 5.74) is -0.0635. The molecule has 1 aliphatic carbocycles. The van der Waals surface area contributed by atoms with Gasteiger partial charge in [0.05, 0.1) is 10.9 Å². The molecule has 1 aliphatic heterocycles. The van der Waals surface area contributed by atoms with Gasteiger partial charge in [0.1, 0.15) is 11.5 Å². The second-order valence-corrected chi connectivity index (χ2v) is 7.90. The van der Waals surface area contributed by atoms with Gasteiger partial charge in [0.25, 0.3) is 0 Å². The van der Waals surface area contributed by atoms with Gasteiger partial charge in [-0.3, -0.25) is 4.79 Å². The largest absolute Gasteiger partial charge is 0.366 e. The van der Waals surface area contributed by atoms with Crippen molar-refractivity contribution in [1.29, 1.82) is 0 Å². The lowest BCUT2D eigenvalue weighted by molar-refractivity contribution is 0.479. The molecule has 1 saturated heterocycles.